The van der Waals surface area contributed by atoms with Crippen molar-refractivity contribution in [2.75, 3.05) is 91.8 Å². The van der Waals surface area contributed by atoms with E-state index in [0.29, 0.717) is 79.3 Å². The smallest absolute Gasteiger partial charge is 0.0703 e. The van der Waals surface area contributed by atoms with Crippen LogP contribution in [0.2, 0.25) is 0 Å². The van der Waals surface area contributed by atoms with E-state index in [0.717, 1.165) is 25.3 Å². The summed E-state index contributed by atoms with van der Waals surface area (Å²) in [5, 5.41) is 0. The summed E-state index contributed by atoms with van der Waals surface area (Å²) >= 11 is 5.63. The van der Waals surface area contributed by atoms with Crippen LogP contribution in [-0.2, 0) is 33.2 Å². The molecule has 7 nitrogen and oxygen atoms in total. The maximum atomic E-state index is 5.63. The number of hydrogen-bond donors (Lipinski definition) is 0. The highest BCUT2D eigenvalue weighted by Crippen LogP contribution is 2.01. The summed E-state index contributed by atoms with van der Waals surface area (Å²) in [6.07, 6.45) is 4.79. The monoisotopic (exact) mass is 442 g/mol. The molecular formula is C21H43ClO7. The molecule has 0 aromatic rings. The Morgan fingerprint density at radius 2 is 0.793 bits per heavy atom. The molecule has 0 aliphatic carbocycles. The van der Waals surface area contributed by atoms with Crippen LogP contribution in [0.15, 0.2) is 0 Å². The lowest BCUT2D eigenvalue weighted by Gasteiger charge is -2.09. The van der Waals surface area contributed by atoms with Crippen molar-refractivity contribution in [1.82, 2.24) is 0 Å². The number of rotatable bonds is 25. The van der Waals surface area contributed by atoms with Gasteiger partial charge in [-0.3, -0.25) is 0 Å². The SMILES string of the molecule is CC(C)OCCOCCOCCOCCOCCOCCOCCCCCCCl. The van der Waals surface area contributed by atoms with Crippen LogP contribution in [-0.4, -0.2) is 97.9 Å². The van der Waals surface area contributed by atoms with E-state index in [9.17, 15) is 0 Å². The molecule has 0 unspecified atom stereocenters. The molecule has 0 radical (unpaired) electrons. The van der Waals surface area contributed by atoms with Gasteiger partial charge in [0.15, 0.2) is 0 Å². The molecule has 0 saturated carbocycles. The second kappa shape index (κ2) is 26.0. The molecule has 0 bridgehead atoms. The number of ether oxygens (including phenoxy) is 7. The Hall–Kier alpha value is 0.01000. The summed E-state index contributed by atoms with van der Waals surface area (Å²) in [6, 6.07) is 0. The van der Waals surface area contributed by atoms with Gasteiger partial charge in [0.05, 0.1) is 85.4 Å². The Morgan fingerprint density at radius 3 is 1.17 bits per heavy atom. The number of unbranched alkanes of at least 4 members (excludes halogenated alkanes) is 3. The summed E-state index contributed by atoms with van der Waals surface area (Å²) in [4.78, 5) is 0. The van der Waals surface area contributed by atoms with E-state index in [1.165, 1.54) is 12.8 Å². The van der Waals surface area contributed by atoms with Crippen molar-refractivity contribution in [2.24, 2.45) is 0 Å². The molecule has 0 atom stereocenters. The van der Waals surface area contributed by atoms with Gasteiger partial charge in [0.2, 0.25) is 0 Å². The summed E-state index contributed by atoms with van der Waals surface area (Å²) in [5.74, 6) is 0.753. The zero-order valence-corrected chi connectivity index (χ0v) is 19.3. The van der Waals surface area contributed by atoms with E-state index in [1.807, 2.05) is 13.8 Å². The molecule has 0 saturated heterocycles. The van der Waals surface area contributed by atoms with Crippen molar-refractivity contribution < 1.29 is 33.2 Å². The number of alkyl halides is 1. The van der Waals surface area contributed by atoms with Gasteiger partial charge in [-0.15, -0.1) is 11.6 Å². The number of halogens is 1. The van der Waals surface area contributed by atoms with Gasteiger partial charge in [-0.1, -0.05) is 12.8 Å². The molecular weight excluding hydrogens is 400 g/mol. The van der Waals surface area contributed by atoms with Crippen molar-refractivity contribution in [3.63, 3.8) is 0 Å². The quantitative estimate of drug-likeness (QED) is 0.159. The first-order valence-electron chi connectivity index (χ1n) is 10.9. The van der Waals surface area contributed by atoms with Crippen molar-refractivity contribution in [2.45, 2.75) is 45.6 Å². The highest BCUT2D eigenvalue weighted by atomic mass is 35.5. The van der Waals surface area contributed by atoms with Crippen molar-refractivity contribution in [1.29, 1.82) is 0 Å². The minimum atomic E-state index is 0.245. The molecule has 0 aromatic heterocycles. The van der Waals surface area contributed by atoms with Gasteiger partial charge in [0, 0.05) is 12.5 Å². The molecule has 0 N–H and O–H groups in total. The predicted molar refractivity (Wildman–Crippen MR) is 115 cm³/mol. The Bertz CT molecular complexity index is 296. The minimum absolute atomic E-state index is 0.245. The molecule has 0 amide bonds. The molecule has 176 valence electrons. The third-order valence-electron chi connectivity index (χ3n) is 3.71. The fourth-order valence-corrected chi connectivity index (χ4v) is 2.39. The standard InChI is InChI=1S/C21H43ClO7/c1-21(2)29-20-19-28-18-17-27-16-15-26-14-13-25-12-11-24-10-9-23-8-6-4-3-5-7-22/h21H,3-20H2,1-2H3. The predicted octanol–water partition coefficient (Wildman–Crippen LogP) is 3.31. The molecule has 0 rings (SSSR count). The fourth-order valence-electron chi connectivity index (χ4n) is 2.20. The van der Waals surface area contributed by atoms with Crippen LogP contribution >= 0.6 is 11.6 Å². The summed E-state index contributed by atoms with van der Waals surface area (Å²) in [5.41, 5.74) is 0. The first-order chi connectivity index (χ1) is 14.3. The van der Waals surface area contributed by atoms with Gasteiger partial charge < -0.3 is 33.2 Å². The lowest BCUT2D eigenvalue weighted by atomic mass is 10.2. The third-order valence-corrected chi connectivity index (χ3v) is 3.98. The first-order valence-corrected chi connectivity index (χ1v) is 11.4. The van der Waals surface area contributed by atoms with Gasteiger partial charge in [-0.05, 0) is 26.7 Å². The minimum Gasteiger partial charge on any atom is -0.379 e. The molecule has 8 heteroatoms. The lowest BCUT2D eigenvalue weighted by Crippen LogP contribution is -2.15. The fraction of sp³-hybridized carbons (Fsp3) is 1.00. The Morgan fingerprint density at radius 1 is 0.448 bits per heavy atom. The topological polar surface area (TPSA) is 64.6 Å². The van der Waals surface area contributed by atoms with E-state index in [2.05, 4.69) is 0 Å². The molecule has 0 aromatic carbocycles. The highest BCUT2D eigenvalue weighted by molar-refractivity contribution is 6.17. The number of hydrogen-bond acceptors (Lipinski definition) is 7. The van der Waals surface area contributed by atoms with Gasteiger partial charge in [-0.2, -0.15) is 0 Å². The maximum Gasteiger partial charge on any atom is 0.0703 e. The van der Waals surface area contributed by atoms with Crippen molar-refractivity contribution in [3.05, 3.63) is 0 Å². The van der Waals surface area contributed by atoms with Gasteiger partial charge in [0.1, 0.15) is 0 Å². The summed E-state index contributed by atoms with van der Waals surface area (Å²) in [7, 11) is 0. The maximum absolute atomic E-state index is 5.63. The molecule has 29 heavy (non-hydrogen) atoms. The van der Waals surface area contributed by atoms with E-state index in [4.69, 9.17) is 44.8 Å². The van der Waals surface area contributed by atoms with Gasteiger partial charge in [-0.25, -0.2) is 0 Å². The Balaban J connectivity index is 2.98. The van der Waals surface area contributed by atoms with Crippen molar-refractivity contribution >= 4 is 11.6 Å². The van der Waals surface area contributed by atoms with Crippen LogP contribution in [0.1, 0.15) is 39.5 Å². The molecule has 0 aliphatic rings. The van der Waals surface area contributed by atoms with Crippen LogP contribution in [0, 0.1) is 0 Å². The normalized spacial score (nSPS) is 11.6. The van der Waals surface area contributed by atoms with Gasteiger partial charge >= 0.3 is 0 Å². The van der Waals surface area contributed by atoms with Crippen LogP contribution in [0.3, 0.4) is 0 Å². The molecule has 0 fully saturated rings. The Labute approximate surface area is 182 Å². The van der Waals surface area contributed by atoms with Crippen LogP contribution in [0.25, 0.3) is 0 Å². The second-order valence-electron chi connectivity index (χ2n) is 6.70. The lowest BCUT2D eigenvalue weighted by molar-refractivity contribution is -0.0238. The van der Waals surface area contributed by atoms with E-state index < -0.39 is 0 Å². The Kier molecular flexibility index (Phi) is 26.1. The van der Waals surface area contributed by atoms with Crippen LogP contribution in [0.4, 0.5) is 0 Å². The van der Waals surface area contributed by atoms with E-state index >= 15 is 0 Å². The van der Waals surface area contributed by atoms with Crippen molar-refractivity contribution in [3.8, 4) is 0 Å². The average molecular weight is 443 g/mol. The molecule has 0 heterocycles. The van der Waals surface area contributed by atoms with Crippen LogP contribution < -0.4 is 0 Å². The molecule has 0 spiro atoms. The van der Waals surface area contributed by atoms with Crippen LogP contribution in [0.5, 0.6) is 0 Å². The molecule has 0 aliphatic heterocycles. The zero-order chi connectivity index (χ0) is 21.3. The largest absolute Gasteiger partial charge is 0.379 e. The second-order valence-corrected chi connectivity index (χ2v) is 7.07. The third kappa shape index (κ3) is 28.0. The highest BCUT2D eigenvalue weighted by Gasteiger charge is 1.96. The zero-order valence-electron chi connectivity index (χ0n) is 18.5. The summed E-state index contributed by atoms with van der Waals surface area (Å²) in [6.45, 7) is 11.8. The van der Waals surface area contributed by atoms with Gasteiger partial charge in [0.25, 0.3) is 0 Å². The summed E-state index contributed by atoms with van der Waals surface area (Å²) < 4.78 is 38.0. The first kappa shape index (κ1) is 29.0. The van der Waals surface area contributed by atoms with E-state index in [-0.39, 0.29) is 6.10 Å². The van der Waals surface area contributed by atoms with E-state index in [1.54, 1.807) is 0 Å². The average Bonchev–Trinajstić information content (AvgIpc) is 2.71.